The molecule has 210 valence electrons. The Morgan fingerprint density at radius 1 is 1.12 bits per heavy atom. The summed E-state index contributed by atoms with van der Waals surface area (Å²) >= 11 is 0. The van der Waals surface area contributed by atoms with E-state index in [1.165, 1.54) is 12.8 Å². The maximum absolute atomic E-state index is 13.8. The monoisotopic (exact) mass is 546 g/mol. The zero-order valence-electron chi connectivity index (χ0n) is 23.1. The van der Waals surface area contributed by atoms with Crippen LogP contribution in [0.25, 0.3) is 22.3 Å². The SMILES string of the molecule is CC[C@@]1(O)C(=O)OCc2c1cc1n(c2=O)Cc2c-1nc1cc3c(cc1c2CN(C)[C@@H]1CCCC[C@H]1NC)OCO3. The molecule has 2 aromatic heterocycles. The smallest absolute Gasteiger partial charge is 0.343 e. The summed E-state index contributed by atoms with van der Waals surface area (Å²) in [6, 6.07) is 6.47. The van der Waals surface area contributed by atoms with E-state index in [0.717, 1.165) is 34.9 Å². The van der Waals surface area contributed by atoms with Crippen molar-refractivity contribution in [1.82, 2.24) is 19.8 Å². The standard InChI is InChI=1S/C30H34N4O6/c1-4-30(37)20-10-24-27-18(13-34(24)28(35)19(20)14-38-29(30)36)17(12-33(3)23-8-6-5-7-21(23)31-2)16-9-25-26(40-15-39-25)11-22(16)32-27/h9-11,21,23,31,37H,4-8,12-15H2,1-3H3/t21-,23-,30+/m1/s1. The Hall–Kier alpha value is -3.47. The lowest BCUT2D eigenvalue weighted by atomic mass is 9.86. The molecule has 0 saturated heterocycles. The van der Waals surface area contributed by atoms with E-state index in [9.17, 15) is 14.7 Å². The zero-order chi connectivity index (χ0) is 27.8. The maximum atomic E-state index is 13.8. The molecule has 1 aromatic carbocycles. The van der Waals surface area contributed by atoms with E-state index >= 15 is 0 Å². The minimum absolute atomic E-state index is 0.104. The van der Waals surface area contributed by atoms with Crippen LogP contribution in [-0.2, 0) is 34.8 Å². The van der Waals surface area contributed by atoms with Crippen molar-refractivity contribution in [2.24, 2.45) is 0 Å². The van der Waals surface area contributed by atoms with Crippen LogP contribution in [0.15, 0.2) is 23.0 Å². The fourth-order valence-electron chi connectivity index (χ4n) is 7.07. The molecule has 3 aromatic rings. The van der Waals surface area contributed by atoms with Gasteiger partial charge in [0.2, 0.25) is 6.79 Å². The largest absolute Gasteiger partial charge is 0.458 e. The summed E-state index contributed by atoms with van der Waals surface area (Å²) in [4.78, 5) is 33.8. The number of hydrogen-bond donors (Lipinski definition) is 2. The van der Waals surface area contributed by atoms with Gasteiger partial charge in [-0.1, -0.05) is 19.8 Å². The molecule has 0 spiro atoms. The van der Waals surface area contributed by atoms with E-state index < -0.39 is 11.6 Å². The molecule has 3 atom stereocenters. The van der Waals surface area contributed by atoms with Gasteiger partial charge in [-0.25, -0.2) is 9.78 Å². The van der Waals surface area contributed by atoms with Gasteiger partial charge in [-0.3, -0.25) is 9.69 Å². The number of ether oxygens (including phenoxy) is 3. The van der Waals surface area contributed by atoms with Gasteiger partial charge in [-0.05, 0) is 51.1 Å². The number of pyridine rings is 2. The van der Waals surface area contributed by atoms with Gasteiger partial charge in [0.15, 0.2) is 17.1 Å². The molecule has 0 unspecified atom stereocenters. The molecule has 1 saturated carbocycles. The Morgan fingerprint density at radius 3 is 2.67 bits per heavy atom. The predicted octanol–water partition coefficient (Wildman–Crippen LogP) is 2.77. The Kier molecular flexibility index (Phi) is 5.92. The number of rotatable bonds is 5. The lowest BCUT2D eigenvalue weighted by Gasteiger charge is -2.38. The molecule has 40 heavy (non-hydrogen) atoms. The number of benzene rings is 1. The topological polar surface area (TPSA) is 115 Å². The zero-order valence-corrected chi connectivity index (χ0v) is 23.1. The van der Waals surface area contributed by atoms with Gasteiger partial charge in [0.25, 0.3) is 5.56 Å². The third kappa shape index (κ3) is 3.62. The van der Waals surface area contributed by atoms with Gasteiger partial charge >= 0.3 is 5.97 Å². The number of esters is 1. The van der Waals surface area contributed by atoms with Crippen molar-refractivity contribution < 1.29 is 24.1 Å². The number of carbonyl (C=O) groups is 1. The van der Waals surface area contributed by atoms with Gasteiger partial charge in [0.1, 0.15) is 6.61 Å². The van der Waals surface area contributed by atoms with Gasteiger partial charge in [0, 0.05) is 41.2 Å². The lowest BCUT2D eigenvalue weighted by molar-refractivity contribution is -0.172. The van der Waals surface area contributed by atoms with Crippen molar-refractivity contribution >= 4 is 16.9 Å². The number of carbonyl (C=O) groups excluding carboxylic acids is 1. The van der Waals surface area contributed by atoms with E-state index in [1.807, 2.05) is 19.2 Å². The second-order valence-corrected chi connectivity index (χ2v) is 11.4. The number of nitrogens with zero attached hydrogens (tertiary/aromatic N) is 3. The van der Waals surface area contributed by atoms with Crippen LogP contribution in [0.3, 0.4) is 0 Å². The second kappa shape index (κ2) is 9.29. The third-order valence-corrected chi connectivity index (χ3v) is 9.37. The van der Waals surface area contributed by atoms with Crippen LogP contribution in [0, 0.1) is 0 Å². The van der Waals surface area contributed by atoms with Crippen LogP contribution in [0.1, 0.15) is 61.3 Å². The van der Waals surface area contributed by atoms with Gasteiger partial charge in [-0.2, -0.15) is 0 Å². The van der Waals surface area contributed by atoms with Crippen molar-refractivity contribution in [2.45, 2.75) is 76.4 Å². The summed E-state index contributed by atoms with van der Waals surface area (Å²) in [6.45, 7) is 2.76. The number of aliphatic hydroxyl groups is 1. The Bertz CT molecular complexity index is 1620. The molecule has 1 fully saturated rings. The molecular weight excluding hydrogens is 512 g/mol. The molecule has 10 heteroatoms. The summed E-state index contributed by atoms with van der Waals surface area (Å²) < 4.78 is 18.3. The Labute approximate surface area is 231 Å². The Morgan fingerprint density at radius 2 is 1.90 bits per heavy atom. The van der Waals surface area contributed by atoms with Crippen LogP contribution in [0.4, 0.5) is 0 Å². The molecule has 4 aliphatic rings. The van der Waals surface area contributed by atoms with E-state index in [2.05, 4.69) is 17.3 Å². The number of nitrogens with one attached hydrogen (secondary N) is 1. The molecule has 5 heterocycles. The average Bonchev–Trinajstić information content (AvgIpc) is 3.58. The summed E-state index contributed by atoms with van der Waals surface area (Å²) in [7, 11) is 4.21. The number of cyclic esters (lactones) is 1. The molecular formula is C30H34N4O6. The Balaban J connectivity index is 1.42. The third-order valence-electron chi connectivity index (χ3n) is 9.37. The summed E-state index contributed by atoms with van der Waals surface area (Å²) in [6.07, 6.45) is 4.80. The molecule has 3 aliphatic heterocycles. The predicted molar refractivity (Wildman–Crippen MR) is 147 cm³/mol. The number of aromatic nitrogens is 2. The highest BCUT2D eigenvalue weighted by molar-refractivity contribution is 5.91. The quantitative estimate of drug-likeness (QED) is 0.365. The maximum Gasteiger partial charge on any atom is 0.343 e. The van der Waals surface area contributed by atoms with Crippen molar-refractivity contribution in [3.8, 4) is 22.9 Å². The first-order valence-corrected chi connectivity index (χ1v) is 14.1. The van der Waals surface area contributed by atoms with Crippen LogP contribution >= 0.6 is 0 Å². The summed E-state index contributed by atoms with van der Waals surface area (Å²) in [5.41, 5.74) is 2.65. The molecule has 1 aliphatic carbocycles. The average molecular weight is 547 g/mol. The number of hydrogen-bond acceptors (Lipinski definition) is 9. The minimum Gasteiger partial charge on any atom is -0.458 e. The van der Waals surface area contributed by atoms with Crippen molar-refractivity contribution in [1.29, 1.82) is 0 Å². The van der Waals surface area contributed by atoms with E-state index in [1.54, 1.807) is 17.6 Å². The lowest BCUT2D eigenvalue weighted by Crippen LogP contribution is -2.49. The molecule has 0 bridgehead atoms. The van der Waals surface area contributed by atoms with Crippen molar-refractivity contribution in [2.75, 3.05) is 20.9 Å². The fraction of sp³-hybridized carbons (Fsp3) is 0.500. The highest BCUT2D eigenvalue weighted by Gasteiger charge is 2.45. The molecule has 10 nitrogen and oxygen atoms in total. The van der Waals surface area contributed by atoms with Crippen LogP contribution in [-0.4, -0.2) is 58.5 Å². The van der Waals surface area contributed by atoms with Crippen LogP contribution in [0.2, 0.25) is 0 Å². The number of likely N-dealkylation sites (N-methyl/N-ethyl adjacent to an activating group) is 2. The summed E-state index contributed by atoms with van der Waals surface area (Å²) in [5, 5.41) is 15.7. The van der Waals surface area contributed by atoms with Crippen molar-refractivity contribution in [3.05, 3.63) is 50.8 Å². The number of fused-ring (bicyclic) bond motifs is 6. The van der Waals surface area contributed by atoms with Gasteiger partial charge in [-0.15, -0.1) is 0 Å². The van der Waals surface area contributed by atoms with Gasteiger partial charge in [0.05, 0.1) is 29.0 Å². The first kappa shape index (κ1) is 25.5. The second-order valence-electron chi connectivity index (χ2n) is 11.4. The van der Waals surface area contributed by atoms with Gasteiger partial charge < -0.3 is 29.2 Å². The van der Waals surface area contributed by atoms with Crippen molar-refractivity contribution in [3.63, 3.8) is 0 Å². The molecule has 7 rings (SSSR count). The fourth-order valence-corrected chi connectivity index (χ4v) is 7.07. The minimum atomic E-state index is -1.86. The van der Waals surface area contributed by atoms with Crippen LogP contribution in [0.5, 0.6) is 11.5 Å². The van der Waals surface area contributed by atoms with Crippen LogP contribution < -0.4 is 20.3 Å². The van der Waals surface area contributed by atoms with E-state index in [4.69, 9.17) is 19.2 Å². The van der Waals surface area contributed by atoms with E-state index in [0.29, 0.717) is 59.2 Å². The normalized spacial score (nSPS) is 24.7. The first-order chi connectivity index (χ1) is 19.3. The molecule has 0 amide bonds. The first-order valence-electron chi connectivity index (χ1n) is 14.1. The highest BCUT2D eigenvalue weighted by Crippen LogP contribution is 2.43. The van der Waals surface area contributed by atoms with E-state index in [-0.39, 0.29) is 25.4 Å². The highest BCUT2D eigenvalue weighted by atomic mass is 16.7. The molecule has 0 radical (unpaired) electrons. The summed E-state index contributed by atoms with van der Waals surface area (Å²) in [5.74, 6) is 0.611. The molecule has 2 N–H and O–H groups in total.